The fourth-order valence-electron chi connectivity index (χ4n) is 1.71. The minimum Gasteiger partial charge on any atom is -0.444 e. The highest BCUT2D eigenvalue weighted by Gasteiger charge is 2.17. The number of aromatic nitrogens is 2. The van der Waals surface area contributed by atoms with Gasteiger partial charge in [0.15, 0.2) is 10.4 Å². The largest absolute Gasteiger partial charge is 0.444 e. The van der Waals surface area contributed by atoms with Crippen LogP contribution in [0.4, 0.5) is 0 Å². The smallest absolute Gasteiger partial charge is 0.289 e. The molecule has 0 radical (unpaired) electrons. The molecule has 18 heavy (non-hydrogen) atoms. The molecular formula is C12H14BrN3O2. The van der Waals surface area contributed by atoms with Crippen molar-refractivity contribution >= 4 is 21.8 Å². The lowest BCUT2D eigenvalue weighted by Crippen LogP contribution is -2.27. The molecule has 96 valence electrons. The molecule has 0 atom stereocenters. The molecule has 0 unspecified atom stereocenters. The number of hydrogen-bond acceptors (Lipinski definition) is 3. The standard InChI is InChI=1S/C12H14BrN3O2/c1-3-16-9(6-7-14-16)8-15(2)12(17)10-4-5-11(13)18-10/h4-7H,3,8H2,1-2H3. The Morgan fingerprint density at radius 2 is 2.28 bits per heavy atom. The molecule has 0 aliphatic heterocycles. The molecule has 0 N–H and O–H groups in total. The Balaban J connectivity index is 2.08. The van der Waals surface area contributed by atoms with Crippen molar-refractivity contribution in [2.75, 3.05) is 7.05 Å². The molecule has 2 rings (SSSR count). The number of amides is 1. The first-order chi connectivity index (χ1) is 8.61. The van der Waals surface area contributed by atoms with E-state index >= 15 is 0 Å². The number of rotatable bonds is 4. The summed E-state index contributed by atoms with van der Waals surface area (Å²) in [7, 11) is 1.74. The fraction of sp³-hybridized carbons (Fsp3) is 0.333. The summed E-state index contributed by atoms with van der Waals surface area (Å²) in [6.07, 6.45) is 1.74. The average molecular weight is 312 g/mol. The summed E-state index contributed by atoms with van der Waals surface area (Å²) in [6, 6.07) is 5.27. The number of carbonyl (C=O) groups is 1. The van der Waals surface area contributed by atoms with Crippen molar-refractivity contribution in [3.63, 3.8) is 0 Å². The average Bonchev–Trinajstić information content (AvgIpc) is 2.96. The second-order valence-electron chi connectivity index (χ2n) is 3.90. The molecule has 0 aliphatic carbocycles. The van der Waals surface area contributed by atoms with Crippen LogP contribution in [0.1, 0.15) is 23.2 Å². The van der Waals surface area contributed by atoms with Gasteiger partial charge in [-0.1, -0.05) is 0 Å². The van der Waals surface area contributed by atoms with Crippen LogP contribution in [-0.4, -0.2) is 27.6 Å². The van der Waals surface area contributed by atoms with Crippen molar-refractivity contribution < 1.29 is 9.21 Å². The molecule has 1 amide bonds. The second kappa shape index (κ2) is 5.39. The zero-order chi connectivity index (χ0) is 13.1. The number of hydrogen-bond donors (Lipinski definition) is 0. The van der Waals surface area contributed by atoms with E-state index in [0.717, 1.165) is 12.2 Å². The minimum atomic E-state index is -0.149. The van der Waals surface area contributed by atoms with E-state index in [-0.39, 0.29) is 5.91 Å². The van der Waals surface area contributed by atoms with Crippen molar-refractivity contribution in [1.29, 1.82) is 0 Å². The van der Waals surface area contributed by atoms with Gasteiger partial charge in [0.05, 0.1) is 12.2 Å². The van der Waals surface area contributed by atoms with Crippen LogP contribution in [0.15, 0.2) is 33.5 Å². The van der Waals surface area contributed by atoms with Crippen molar-refractivity contribution in [3.05, 3.63) is 40.5 Å². The van der Waals surface area contributed by atoms with E-state index in [1.165, 1.54) is 0 Å². The Morgan fingerprint density at radius 3 is 2.89 bits per heavy atom. The quantitative estimate of drug-likeness (QED) is 0.872. The van der Waals surface area contributed by atoms with E-state index in [4.69, 9.17) is 4.42 Å². The van der Waals surface area contributed by atoms with E-state index in [1.807, 2.05) is 17.7 Å². The van der Waals surface area contributed by atoms with Gasteiger partial charge in [-0.05, 0) is 41.1 Å². The number of aryl methyl sites for hydroxylation is 1. The topological polar surface area (TPSA) is 51.3 Å². The molecule has 0 aromatic carbocycles. The molecule has 2 aromatic heterocycles. The maximum absolute atomic E-state index is 12.1. The van der Waals surface area contributed by atoms with Gasteiger partial charge in [0.2, 0.25) is 0 Å². The highest BCUT2D eigenvalue weighted by Crippen LogP contribution is 2.16. The summed E-state index contributed by atoms with van der Waals surface area (Å²) in [5.41, 5.74) is 0.999. The van der Waals surface area contributed by atoms with Gasteiger partial charge in [0, 0.05) is 19.8 Å². The first kappa shape index (κ1) is 12.9. The lowest BCUT2D eigenvalue weighted by atomic mass is 10.3. The number of nitrogens with zero attached hydrogens (tertiary/aromatic N) is 3. The molecule has 2 aromatic rings. The maximum atomic E-state index is 12.1. The molecule has 0 aliphatic rings. The summed E-state index contributed by atoms with van der Waals surface area (Å²) >= 11 is 3.18. The van der Waals surface area contributed by atoms with Crippen molar-refractivity contribution in [2.24, 2.45) is 0 Å². The van der Waals surface area contributed by atoms with Gasteiger partial charge < -0.3 is 9.32 Å². The van der Waals surface area contributed by atoms with Gasteiger partial charge >= 0.3 is 0 Å². The van der Waals surface area contributed by atoms with Gasteiger partial charge in [-0.2, -0.15) is 5.10 Å². The minimum absolute atomic E-state index is 0.149. The summed E-state index contributed by atoms with van der Waals surface area (Å²) in [5, 5.41) is 4.17. The highest BCUT2D eigenvalue weighted by atomic mass is 79.9. The summed E-state index contributed by atoms with van der Waals surface area (Å²) in [5.74, 6) is 0.177. The Hall–Kier alpha value is -1.56. The van der Waals surface area contributed by atoms with Crippen molar-refractivity contribution in [2.45, 2.75) is 20.0 Å². The van der Waals surface area contributed by atoms with Crippen LogP contribution < -0.4 is 0 Å². The summed E-state index contributed by atoms with van der Waals surface area (Å²) < 4.78 is 7.66. The molecule has 6 heteroatoms. The van der Waals surface area contributed by atoms with E-state index in [9.17, 15) is 4.79 Å². The second-order valence-corrected chi connectivity index (χ2v) is 4.68. The third kappa shape index (κ3) is 2.64. The Bertz CT molecular complexity index is 547. The lowest BCUT2D eigenvalue weighted by Gasteiger charge is -2.16. The number of halogens is 1. The Labute approximate surface area is 114 Å². The van der Waals surface area contributed by atoms with Crippen molar-refractivity contribution in [1.82, 2.24) is 14.7 Å². The summed E-state index contributed by atoms with van der Waals surface area (Å²) in [6.45, 7) is 3.31. The van der Waals surface area contributed by atoms with E-state index in [0.29, 0.717) is 17.0 Å². The molecule has 0 bridgehead atoms. The molecule has 2 heterocycles. The highest BCUT2D eigenvalue weighted by molar-refractivity contribution is 9.10. The predicted octanol–water partition coefficient (Wildman–Crippen LogP) is 2.53. The van der Waals surface area contributed by atoms with Crippen LogP contribution in [0.5, 0.6) is 0 Å². The molecule has 0 saturated heterocycles. The molecule has 5 nitrogen and oxygen atoms in total. The molecule has 0 fully saturated rings. The van der Waals surface area contributed by atoms with Crippen LogP contribution in [0.25, 0.3) is 0 Å². The monoisotopic (exact) mass is 311 g/mol. The number of furan rings is 1. The normalized spacial score (nSPS) is 10.6. The van der Waals surface area contributed by atoms with Crippen LogP contribution in [-0.2, 0) is 13.1 Å². The SMILES string of the molecule is CCn1nccc1CN(C)C(=O)c1ccc(Br)o1. The van der Waals surface area contributed by atoms with Gasteiger partial charge in [0.1, 0.15) is 0 Å². The summed E-state index contributed by atoms with van der Waals surface area (Å²) in [4.78, 5) is 13.7. The zero-order valence-electron chi connectivity index (χ0n) is 10.3. The van der Waals surface area contributed by atoms with Crippen LogP contribution in [0, 0.1) is 0 Å². The van der Waals surface area contributed by atoms with E-state index < -0.39 is 0 Å². The van der Waals surface area contributed by atoms with E-state index in [2.05, 4.69) is 21.0 Å². The first-order valence-electron chi connectivity index (χ1n) is 5.63. The first-order valence-corrected chi connectivity index (χ1v) is 6.42. The Kier molecular flexibility index (Phi) is 3.86. The van der Waals surface area contributed by atoms with Gasteiger partial charge in [0.25, 0.3) is 5.91 Å². The molecular weight excluding hydrogens is 298 g/mol. The van der Waals surface area contributed by atoms with Gasteiger partial charge in [-0.15, -0.1) is 0 Å². The predicted molar refractivity (Wildman–Crippen MR) is 70.1 cm³/mol. The third-order valence-electron chi connectivity index (χ3n) is 2.63. The Morgan fingerprint density at radius 1 is 1.50 bits per heavy atom. The lowest BCUT2D eigenvalue weighted by molar-refractivity contribution is 0.0748. The van der Waals surface area contributed by atoms with Crippen LogP contribution in [0.3, 0.4) is 0 Å². The number of carbonyl (C=O) groups excluding carboxylic acids is 1. The third-order valence-corrected chi connectivity index (χ3v) is 3.06. The van der Waals surface area contributed by atoms with Gasteiger partial charge in [-0.25, -0.2) is 0 Å². The molecule has 0 saturated carbocycles. The maximum Gasteiger partial charge on any atom is 0.289 e. The zero-order valence-corrected chi connectivity index (χ0v) is 11.8. The van der Waals surface area contributed by atoms with Crippen LogP contribution in [0.2, 0.25) is 0 Å². The van der Waals surface area contributed by atoms with Crippen molar-refractivity contribution in [3.8, 4) is 0 Å². The van der Waals surface area contributed by atoms with Crippen LogP contribution >= 0.6 is 15.9 Å². The molecule has 0 spiro atoms. The fourth-order valence-corrected chi connectivity index (χ4v) is 2.02. The van der Waals surface area contributed by atoms with E-state index in [1.54, 1.807) is 30.3 Å². The van der Waals surface area contributed by atoms with Gasteiger partial charge in [-0.3, -0.25) is 9.48 Å².